The molecule has 0 radical (unpaired) electrons. The van der Waals surface area contributed by atoms with Crippen molar-refractivity contribution in [3.8, 4) is 0 Å². The Hall–Kier alpha value is -2.31. The van der Waals surface area contributed by atoms with Crippen LogP contribution in [0.5, 0.6) is 0 Å². The summed E-state index contributed by atoms with van der Waals surface area (Å²) in [4.78, 5) is 39.7. The minimum absolute atomic E-state index is 0.0956. The highest BCUT2D eigenvalue weighted by Crippen LogP contribution is 2.47. The normalized spacial score (nSPS) is 27.2. The van der Waals surface area contributed by atoms with Crippen molar-refractivity contribution in [3.05, 3.63) is 28.2 Å². The Kier molecular flexibility index (Phi) is 3.42. The fourth-order valence-electron chi connectivity index (χ4n) is 3.64. The molecule has 22 heavy (non-hydrogen) atoms. The molecular formula is C15H19N3O4. The third kappa shape index (κ3) is 2.26. The van der Waals surface area contributed by atoms with Gasteiger partial charge in [-0.25, -0.2) is 4.79 Å². The van der Waals surface area contributed by atoms with Gasteiger partial charge >= 0.3 is 6.09 Å². The third-order valence-corrected chi connectivity index (χ3v) is 4.63. The zero-order valence-electron chi connectivity index (χ0n) is 12.5. The summed E-state index contributed by atoms with van der Waals surface area (Å²) in [6.07, 6.45) is 2.35. The Morgan fingerprint density at radius 3 is 2.64 bits per heavy atom. The minimum atomic E-state index is -1.13. The number of carbonyl (C=O) groups excluding carboxylic acids is 1. The molecule has 7 heteroatoms. The lowest BCUT2D eigenvalue weighted by Gasteiger charge is -2.44. The lowest BCUT2D eigenvalue weighted by atomic mass is 9.80. The fraction of sp³-hybridized carbons (Fsp3) is 0.533. The van der Waals surface area contributed by atoms with Crippen LogP contribution >= 0.6 is 0 Å². The quantitative estimate of drug-likeness (QED) is 0.769. The number of aromatic amines is 1. The second-order valence-electron chi connectivity index (χ2n) is 6.11. The van der Waals surface area contributed by atoms with Crippen molar-refractivity contribution >= 4 is 17.7 Å². The van der Waals surface area contributed by atoms with Gasteiger partial charge in [0.2, 0.25) is 5.91 Å². The van der Waals surface area contributed by atoms with Gasteiger partial charge in [-0.15, -0.1) is 0 Å². The minimum Gasteiger partial charge on any atom is -0.465 e. The van der Waals surface area contributed by atoms with E-state index in [4.69, 9.17) is 5.11 Å². The molecular weight excluding hydrogens is 286 g/mol. The molecule has 1 aliphatic carbocycles. The van der Waals surface area contributed by atoms with E-state index in [9.17, 15) is 14.4 Å². The summed E-state index contributed by atoms with van der Waals surface area (Å²) in [6.45, 7) is 3.38. The van der Waals surface area contributed by atoms with Gasteiger partial charge in [0.1, 0.15) is 5.69 Å². The van der Waals surface area contributed by atoms with Crippen molar-refractivity contribution < 1.29 is 14.7 Å². The van der Waals surface area contributed by atoms with E-state index in [0.29, 0.717) is 11.5 Å². The van der Waals surface area contributed by atoms with Crippen molar-refractivity contribution in [2.75, 3.05) is 4.90 Å². The predicted octanol–water partition coefficient (Wildman–Crippen LogP) is 1.46. The van der Waals surface area contributed by atoms with Gasteiger partial charge in [-0.2, -0.15) is 0 Å². The van der Waals surface area contributed by atoms with E-state index in [1.807, 2.05) is 6.92 Å². The number of carbonyl (C=O) groups is 2. The van der Waals surface area contributed by atoms with E-state index in [2.05, 4.69) is 10.3 Å². The molecule has 3 N–H and O–H groups in total. The first-order chi connectivity index (χ1) is 10.4. The summed E-state index contributed by atoms with van der Waals surface area (Å²) in [5, 5.41) is 11.6. The summed E-state index contributed by atoms with van der Waals surface area (Å²) >= 11 is 0. The van der Waals surface area contributed by atoms with Crippen LogP contribution in [0, 0.1) is 11.8 Å². The molecule has 2 amide bonds. The average molecular weight is 305 g/mol. The first kappa shape index (κ1) is 14.6. The Morgan fingerprint density at radius 2 is 2.09 bits per heavy atom. The van der Waals surface area contributed by atoms with E-state index in [0.717, 1.165) is 12.8 Å². The molecule has 0 unspecified atom stereocenters. The van der Waals surface area contributed by atoms with Crippen LogP contribution in [0.15, 0.2) is 17.1 Å². The van der Waals surface area contributed by atoms with Crippen LogP contribution in [-0.2, 0) is 4.79 Å². The van der Waals surface area contributed by atoms with Crippen molar-refractivity contribution in [1.82, 2.24) is 10.3 Å². The average Bonchev–Trinajstić information content (AvgIpc) is 3.25. The Labute approximate surface area is 127 Å². The SMILES string of the molecule is CC(=O)N1c2c(cc[nH]c2=O)[C@H](NC(=O)O)[C@@H](C)[C@@H]1C1CC1. The molecule has 118 valence electrons. The molecule has 1 aliphatic heterocycles. The molecule has 1 saturated carbocycles. The van der Waals surface area contributed by atoms with Crippen LogP contribution in [0.25, 0.3) is 0 Å². The summed E-state index contributed by atoms with van der Waals surface area (Å²) in [7, 11) is 0. The largest absolute Gasteiger partial charge is 0.465 e. The van der Waals surface area contributed by atoms with Gasteiger partial charge in [0.15, 0.2) is 0 Å². The van der Waals surface area contributed by atoms with Gasteiger partial charge in [-0.3, -0.25) is 9.59 Å². The molecule has 1 fully saturated rings. The summed E-state index contributed by atoms with van der Waals surface area (Å²) in [5.74, 6) is 0.0435. The maximum Gasteiger partial charge on any atom is 0.405 e. The summed E-state index contributed by atoms with van der Waals surface area (Å²) < 4.78 is 0. The number of carboxylic acid groups (broad SMARTS) is 1. The number of fused-ring (bicyclic) bond motifs is 1. The second kappa shape index (κ2) is 5.15. The molecule has 0 spiro atoms. The number of rotatable bonds is 2. The summed E-state index contributed by atoms with van der Waals surface area (Å²) in [6, 6.07) is 1.04. The van der Waals surface area contributed by atoms with Crippen molar-refractivity contribution in [2.24, 2.45) is 11.8 Å². The molecule has 2 heterocycles. The van der Waals surface area contributed by atoms with Crippen molar-refractivity contribution in [2.45, 2.75) is 38.8 Å². The second-order valence-corrected chi connectivity index (χ2v) is 6.11. The van der Waals surface area contributed by atoms with E-state index in [-0.39, 0.29) is 29.1 Å². The van der Waals surface area contributed by atoms with Gasteiger partial charge in [0.25, 0.3) is 5.56 Å². The van der Waals surface area contributed by atoms with Crippen molar-refractivity contribution in [1.29, 1.82) is 0 Å². The molecule has 2 aliphatic rings. The highest BCUT2D eigenvalue weighted by Gasteiger charge is 2.48. The molecule has 3 atom stereocenters. The highest BCUT2D eigenvalue weighted by molar-refractivity contribution is 5.94. The Morgan fingerprint density at radius 1 is 1.41 bits per heavy atom. The van der Waals surface area contributed by atoms with Gasteiger partial charge < -0.3 is 20.3 Å². The number of aromatic nitrogens is 1. The number of hydrogen-bond acceptors (Lipinski definition) is 3. The number of pyridine rings is 1. The number of amides is 2. The van der Waals surface area contributed by atoms with Gasteiger partial charge in [0, 0.05) is 30.6 Å². The van der Waals surface area contributed by atoms with Crippen LogP contribution < -0.4 is 15.8 Å². The van der Waals surface area contributed by atoms with Crippen LogP contribution in [0.4, 0.5) is 10.5 Å². The zero-order valence-corrected chi connectivity index (χ0v) is 12.5. The smallest absolute Gasteiger partial charge is 0.405 e. The number of nitrogens with zero attached hydrogens (tertiary/aromatic N) is 1. The van der Waals surface area contributed by atoms with E-state index < -0.39 is 12.1 Å². The number of H-pyrrole nitrogens is 1. The number of hydrogen-bond donors (Lipinski definition) is 3. The topological polar surface area (TPSA) is 103 Å². The monoisotopic (exact) mass is 305 g/mol. The molecule has 0 aromatic carbocycles. The molecule has 7 nitrogen and oxygen atoms in total. The van der Waals surface area contributed by atoms with E-state index in [1.165, 1.54) is 13.1 Å². The van der Waals surface area contributed by atoms with E-state index in [1.54, 1.807) is 11.0 Å². The molecule has 0 saturated heterocycles. The lowest BCUT2D eigenvalue weighted by Crippen LogP contribution is -2.54. The fourth-order valence-corrected chi connectivity index (χ4v) is 3.64. The maximum atomic E-state index is 12.3. The van der Waals surface area contributed by atoms with Gasteiger partial charge in [0.05, 0.1) is 6.04 Å². The lowest BCUT2D eigenvalue weighted by molar-refractivity contribution is -0.117. The maximum absolute atomic E-state index is 12.3. The first-order valence-electron chi connectivity index (χ1n) is 7.42. The molecule has 3 rings (SSSR count). The predicted molar refractivity (Wildman–Crippen MR) is 79.8 cm³/mol. The standard InChI is InChI=1S/C15H19N3O4/c1-7-11(17-15(21)22)10-5-6-16-14(20)13(10)18(8(2)19)12(7)9-3-4-9/h5-7,9,11-12,17H,3-4H2,1-2H3,(H,16,20)(H,21,22)/t7-,11-,12-/m1/s1. The Bertz CT molecular complexity index is 680. The van der Waals surface area contributed by atoms with Crippen LogP contribution in [-0.4, -0.2) is 28.1 Å². The number of anilines is 1. The summed E-state index contributed by atoms with van der Waals surface area (Å²) in [5.41, 5.74) is 0.483. The van der Waals surface area contributed by atoms with Crippen molar-refractivity contribution in [3.63, 3.8) is 0 Å². The Balaban J connectivity index is 2.18. The van der Waals surface area contributed by atoms with Crippen LogP contribution in [0.3, 0.4) is 0 Å². The molecule has 1 aromatic heterocycles. The van der Waals surface area contributed by atoms with Crippen LogP contribution in [0.1, 0.15) is 38.3 Å². The van der Waals surface area contributed by atoms with Gasteiger partial charge in [-0.1, -0.05) is 6.92 Å². The van der Waals surface area contributed by atoms with E-state index >= 15 is 0 Å². The first-order valence-corrected chi connectivity index (χ1v) is 7.42. The number of nitrogens with one attached hydrogen (secondary N) is 2. The highest BCUT2D eigenvalue weighted by atomic mass is 16.4. The molecule has 0 bridgehead atoms. The zero-order chi connectivity index (χ0) is 16.0. The van der Waals surface area contributed by atoms with Crippen LogP contribution in [0.2, 0.25) is 0 Å². The third-order valence-electron chi connectivity index (χ3n) is 4.63. The molecule has 1 aromatic rings. The van der Waals surface area contributed by atoms with Gasteiger partial charge in [-0.05, 0) is 24.8 Å².